The number of carbonyl (C=O) groups excluding carboxylic acids is 1. The molecule has 1 fully saturated rings. The van der Waals surface area contributed by atoms with E-state index in [0.29, 0.717) is 13.0 Å². The maximum atomic E-state index is 13.7. The zero-order valence-corrected chi connectivity index (χ0v) is 15.3. The molecule has 1 amide bonds. The summed E-state index contributed by atoms with van der Waals surface area (Å²) in [5, 5.41) is 2.66. The van der Waals surface area contributed by atoms with Crippen LogP contribution < -0.4 is 5.32 Å². The third-order valence-electron chi connectivity index (χ3n) is 4.32. The highest BCUT2D eigenvalue weighted by Gasteiger charge is 2.34. The number of sulfone groups is 1. The van der Waals surface area contributed by atoms with Crippen molar-refractivity contribution in [1.29, 1.82) is 0 Å². The van der Waals surface area contributed by atoms with E-state index in [4.69, 9.17) is 0 Å². The molecule has 0 saturated carbocycles. The van der Waals surface area contributed by atoms with Gasteiger partial charge in [0.15, 0.2) is 9.84 Å². The molecule has 10 heteroatoms. The van der Waals surface area contributed by atoms with Gasteiger partial charge < -0.3 is 10.2 Å². The number of benzene rings is 1. The molecule has 1 saturated heterocycles. The number of aromatic nitrogens is 2. The van der Waals surface area contributed by atoms with Crippen molar-refractivity contribution in [3.8, 4) is 0 Å². The van der Waals surface area contributed by atoms with Crippen LogP contribution in [0.1, 0.15) is 23.8 Å². The molecule has 1 unspecified atom stereocenters. The number of nitrogens with one attached hydrogen (secondary N) is 1. The summed E-state index contributed by atoms with van der Waals surface area (Å²) < 4.78 is 49.9. The average molecular weight is 396 g/mol. The molecule has 1 aliphatic heterocycles. The van der Waals surface area contributed by atoms with Gasteiger partial charge in [0, 0.05) is 18.7 Å². The average Bonchev–Trinajstić information content (AvgIpc) is 2.98. The summed E-state index contributed by atoms with van der Waals surface area (Å²) in [5.74, 6) is -1.69. The van der Waals surface area contributed by atoms with E-state index in [0.717, 1.165) is 12.1 Å². The standard InChI is InChI=1S/C17H18F2N4O3S/c1-2-23(12-5-6-27(25,26)10-12)17(24)15-8-21-16(9-20-15)22-14-4-3-11(18)7-13(14)19/h3-4,7-9,12H,2,5-6,10H2,1H3,(H,21,22). The predicted molar refractivity (Wildman–Crippen MR) is 95.4 cm³/mol. The van der Waals surface area contributed by atoms with Crippen LogP contribution in [-0.4, -0.2) is 53.3 Å². The van der Waals surface area contributed by atoms with E-state index >= 15 is 0 Å². The van der Waals surface area contributed by atoms with Crippen LogP contribution in [0.3, 0.4) is 0 Å². The zero-order chi connectivity index (χ0) is 19.6. The minimum Gasteiger partial charge on any atom is -0.337 e. The molecule has 0 spiro atoms. The molecular weight excluding hydrogens is 378 g/mol. The second-order valence-electron chi connectivity index (χ2n) is 6.18. The molecule has 1 atom stereocenters. The van der Waals surface area contributed by atoms with Crippen molar-refractivity contribution in [3.63, 3.8) is 0 Å². The summed E-state index contributed by atoms with van der Waals surface area (Å²) in [4.78, 5) is 22.2. The van der Waals surface area contributed by atoms with Crippen LogP contribution in [-0.2, 0) is 9.84 Å². The van der Waals surface area contributed by atoms with Gasteiger partial charge in [-0.15, -0.1) is 0 Å². The second-order valence-corrected chi connectivity index (χ2v) is 8.41. The van der Waals surface area contributed by atoms with Crippen molar-refractivity contribution in [3.05, 3.63) is 47.9 Å². The quantitative estimate of drug-likeness (QED) is 0.833. The Bertz CT molecular complexity index is 951. The van der Waals surface area contributed by atoms with Crippen molar-refractivity contribution in [1.82, 2.24) is 14.9 Å². The lowest BCUT2D eigenvalue weighted by Crippen LogP contribution is -2.41. The fourth-order valence-corrected chi connectivity index (χ4v) is 4.70. The first-order chi connectivity index (χ1) is 12.8. The Morgan fingerprint density at radius 3 is 2.63 bits per heavy atom. The minimum atomic E-state index is -3.12. The summed E-state index contributed by atoms with van der Waals surface area (Å²) in [7, 11) is -3.12. The van der Waals surface area contributed by atoms with Crippen molar-refractivity contribution in [2.75, 3.05) is 23.4 Å². The van der Waals surface area contributed by atoms with Crippen LogP contribution in [0.2, 0.25) is 0 Å². The Morgan fingerprint density at radius 1 is 1.30 bits per heavy atom. The van der Waals surface area contributed by atoms with Gasteiger partial charge in [0.05, 0.1) is 29.6 Å². The fourth-order valence-electron chi connectivity index (χ4n) is 2.97. The normalized spacial score (nSPS) is 18.3. The highest BCUT2D eigenvalue weighted by molar-refractivity contribution is 7.91. The molecule has 0 aliphatic carbocycles. The lowest BCUT2D eigenvalue weighted by molar-refractivity contribution is 0.0702. The largest absolute Gasteiger partial charge is 0.337 e. The monoisotopic (exact) mass is 396 g/mol. The van der Waals surface area contributed by atoms with E-state index in [9.17, 15) is 22.0 Å². The molecule has 3 rings (SSSR count). The number of anilines is 2. The van der Waals surface area contributed by atoms with Gasteiger partial charge in [-0.05, 0) is 25.5 Å². The van der Waals surface area contributed by atoms with E-state index < -0.39 is 27.4 Å². The van der Waals surface area contributed by atoms with Crippen LogP contribution in [0.4, 0.5) is 20.3 Å². The summed E-state index contributed by atoms with van der Waals surface area (Å²) in [6.07, 6.45) is 2.90. The number of carbonyl (C=O) groups is 1. The topological polar surface area (TPSA) is 92.3 Å². The second kappa shape index (κ2) is 7.55. The molecule has 144 valence electrons. The Hall–Kier alpha value is -2.62. The van der Waals surface area contributed by atoms with E-state index in [-0.39, 0.29) is 34.7 Å². The smallest absolute Gasteiger partial charge is 0.274 e. The van der Waals surface area contributed by atoms with Crippen LogP contribution in [0.15, 0.2) is 30.6 Å². The highest BCUT2D eigenvalue weighted by atomic mass is 32.2. The minimum absolute atomic E-state index is 0.0242. The Balaban J connectivity index is 1.73. The summed E-state index contributed by atoms with van der Waals surface area (Å²) in [5.41, 5.74) is 0.0856. The van der Waals surface area contributed by atoms with E-state index in [2.05, 4.69) is 15.3 Å². The van der Waals surface area contributed by atoms with Crippen LogP contribution in [0, 0.1) is 11.6 Å². The van der Waals surface area contributed by atoms with Crippen LogP contribution in [0.25, 0.3) is 0 Å². The van der Waals surface area contributed by atoms with Crippen molar-refractivity contribution in [2.24, 2.45) is 0 Å². The molecule has 2 heterocycles. The third-order valence-corrected chi connectivity index (χ3v) is 6.07. The summed E-state index contributed by atoms with van der Waals surface area (Å²) in [6, 6.07) is 2.69. The van der Waals surface area contributed by atoms with Crippen LogP contribution >= 0.6 is 0 Å². The maximum absolute atomic E-state index is 13.7. The number of hydrogen-bond donors (Lipinski definition) is 1. The number of nitrogens with zero attached hydrogens (tertiary/aromatic N) is 3. The molecule has 1 aliphatic rings. The van der Waals surface area contributed by atoms with Gasteiger partial charge in [-0.3, -0.25) is 4.79 Å². The predicted octanol–water partition coefficient (Wildman–Crippen LogP) is 2.15. The molecule has 7 nitrogen and oxygen atoms in total. The van der Waals surface area contributed by atoms with Crippen molar-refractivity contribution < 1.29 is 22.0 Å². The third kappa shape index (κ3) is 4.38. The maximum Gasteiger partial charge on any atom is 0.274 e. The van der Waals surface area contributed by atoms with Gasteiger partial charge in [0.2, 0.25) is 0 Å². The van der Waals surface area contributed by atoms with Gasteiger partial charge in [0.1, 0.15) is 23.1 Å². The number of rotatable bonds is 5. The lowest BCUT2D eigenvalue weighted by Gasteiger charge is -2.26. The summed E-state index contributed by atoms with van der Waals surface area (Å²) in [6.45, 7) is 2.12. The molecule has 2 aromatic rings. The van der Waals surface area contributed by atoms with Gasteiger partial charge >= 0.3 is 0 Å². The van der Waals surface area contributed by atoms with Crippen molar-refractivity contribution >= 4 is 27.2 Å². The lowest BCUT2D eigenvalue weighted by atomic mass is 10.2. The number of hydrogen-bond acceptors (Lipinski definition) is 6. The molecule has 1 aromatic heterocycles. The first kappa shape index (κ1) is 19.2. The molecule has 1 aromatic carbocycles. The number of amides is 1. The Kier molecular flexibility index (Phi) is 5.36. The van der Waals surface area contributed by atoms with Crippen molar-refractivity contribution in [2.45, 2.75) is 19.4 Å². The zero-order valence-electron chi connectivity index (χ0n) is 14.5. The SMILES string of the molecule is CCN(C(=O)c1cnc(Nc2ccc(F)cc2F)cn1)C1CCS(=O)(=O)C1. The highest BCUT2D eigenvalue weighted by Crippen LogP contribution is 2.21. The first-order valence-corrected chi connectivity index (χ1v) is 10.2. The molecule has 0 radical (unpaired) electrons. The van der Waals surface area contributed by atoms with Crippen LogP contribution in [0.5, 0.6) is 0 Å². The fraction of sp³-hybridized carbons (Fsp3) is 0.353. The number of halogens is 2. The van der Waals surface area contributed by atoms with E-state index in [1.165, 1.54) is 23.4 Å². The van der Waals surface area contributed by atoms with E-state index in [1.54, 1.807) is 6.92 Å². The van der Waals surface area contributed by atoms with Gasteiger partial charge in [-0.2, -0.15) is 0 Å². The summed E-state index contributed by atoms with van der Waals surface area (Å²) >= 11 is 0. The Labute approximate surface area is 155 Å². The molecule has 1 N–H and O–H groups in total. The van der Waals surface area contributed by atoms with Gasteiger partial charge in [-0.25, -0.2) is 27.2 Å². The first-order valence-electron chi connectivity index (χ1n) is 8.34. The molecular formula is C17H18F2N4O3S. The van der Waals surface area contributed by atoms with Gasteiger partial charge in [0.25, 0.3) is 5.91 Å². The van der Waals surface area contributed by atoms with E-state index in [1.807, 2.05) is 0 Å². The van der Waals surface area contributed by atoms with Gasteiger partial charge in [-0.1, -0.05) is 0 Å². The Morgan fingerprint density at radius 2 is 2.07 bits per heavy atom. The molecule has 0 bridgehead atoms. The molecule has 27 heavy (non-hydrogen) atoms.